The Kier molecular flexibility index (Phi) is 3.57. The van der Waals surface area contributed by atoms with E-state index in [1.807, 2.05) is 0 Å². The van der Waals surface area contributed by atoms with Crippen molar-refractivity contribution in [2.24, 2.45) is 0 Å². The molecule has 0 atom stereocenters. The maximum atomic E-state index is 13.2. The van der Waals surface area contributed by atoms with Gasteiger partial charge in [-0.1, -0.05) is 11.6 Å². The molecular weight excluding hydrogens is 297 g/mol. The van der Waals surface area contributed by atoms with Crippen LogP contribution < -0.4 is 5.32 Å². The van der Waals surface area contributed by atoms with Gasteiger partial charge < -0.3 is 10.4 Å². The molecule has 3 rings (SSSR count). The van der Waals surface area contributed by atoms with Crippen LogP contribution in [0.2, 0.25) is 5.02 Å². The van der Waals surface area contributed by atoms with Crippen molar-refractivity contribution in [3.05, 3.63) is 46.0 Å². The largest absolute Gasteiger partial charge is 0.476 e. The Bertz CT molecular complexity index is 736. The molecule has 2 heterocycles. The molecule has 0 unspecified atom stereocenters. The monoisotopic (exact) mass is 307 g/mol. The number of carboxylic acids is 1. The molecule has 7 heteroatoms. The highest BCUT2D eigenvalue weighted by Crippen LogP contribution is 2.25. The number of nitrogens with one attached hydrogen (secondary N) is 1. The predicted molar refractivity (Wildman–Crippen MR) is 74.8 cm³/mol. The van der Waals surface area contributed by atoms with Gasteiger partial charge in [0.15, 0.2) is 11.5 Å². The van der Waals surface area contributed by atoms with Crippen LogP contribution in [0.25, 0.3) is 11.4 Å². The van der Waals surface area contributed by atoms with Gasteiger partial charge in [-0.25, -0.2) is 19.2 Å². The topological polar surface area (TPSA) is 75.1 Å². The number of hydrogen-bond acceptors (Lipinski definition) is 4. The van der Waals surface area contributed by atoms with E-state index in [9.17, 15) is 14.3 Å². The Morgan fingerprint density at radius 1 is 1.38 bits per heavy atom. The van der Waals surface area contributed by atoms with Gasteiger partial charge in [0.25, 0.3) is 0 Å². The highest BCUT2D eigenvalue weighted by atomic mass is 35.5. The molecule has 1 aliphatic heterocycles. The molecule has 1 aromatic heterocycles. The molecule has 0 bridgehead atoms. The smallest absolute Gasteiger partial charge is 0.354 e. The van der Waals surface area contributed by atoms with Gasteiger partial charge in [0.05, 0.1) is 10.7 Å². The van der Waals surface area contributed by atoms with E-state index in [0.717, 1.165) is 0 Å². The van der Waals surface area contributed by atoms with Crippen LogP contribution in [0.4, 0.5) is 4.39 Å². The van der Waals surface area contributed by atoms with Crippen molar-refractivity contribution >= 4 is 17.6 Å². The average Bonchev–Trinajstić information content (AvgIpc) is 2.48. The van der Waals surface area contributed by atoms with Crippen molar-refractivity contribution in [3.8, 4) is 11.4 Å². The fourth-order valence-corrected chi connectivity index (χ4v) is 2.48. The average molecular weight is 308 g/mol. The zero-order valence-corrected chi connectivity index (χ0v) is 11.6. The molecule has 0 saturated heterocycles. The van der Waals surface area contributed by atoms with Crippen molar-refractivity contribution in [1.29, 1.82) is 0 Å². The van der Waals surface area contributed by atoms with Crippen LogP contribution >= 0.6 is 11.6 Å². The van der Waals surface area contributed by atoms with Crippen molar-refractivity contribution < 1.29 is 14.3 Å². The summed E-state index contributed by atoms with van der Waals surface area (Å²) in [6.45, 7) is 1.18. The van der Waals surface area contributed by atoms with Crippen molar-refractivity contribution in [3.63, 3.8) is 0 Å². The molecule has 0 amide bonds. The first-order chi connectivity index (χ1) is 10.1. The minimum Gasteiger partial charge on any atom is -0.476 e. The van der Waals surface area contributed by atoms with Crippen LogP contribution in [0.15, 0.2) is 18.2 Å². The third-order valence-electron chi connectivity index (χ3n) is 3.32. The maximum Gasteiger partial charge on any atom is 0.354 e. The van der Waals surface area contributed by atoms with Gasteiger partial charge in [-0.2, -0.15) is 0 Å². The number of aromatic nitrogens is 2. The second-order valence-corrected chi connectivity index (χ2v) is 5.09. The lowest BCUT2D eigenvalue weighted by molar-refractivity contribution is 0.0688. The molecule has 2 aromatic rings. The normalized spacial score (nSPS) is 13.8. The van der Waals surface area contributed by atoms with Crippen LogP contribution in [0.5, 0.6) is 0 Å². The first-order valence-electron chi connectivity index (χ1n) is 6.35. The van der Waals surface area contributed by atoms with Crippen molar-refractivity contribution in [2.75, 3.05) is 6.54 Å². The zero-order valence-electron chi connectivity index (χ0n) is 10.9. The standard InChI is InChI=1S/C14H11ClFN3O2/c15-9-5-7(1-2-10(9)16)13-18-11-6-17-4-3-8(11)12(19-13)14(20)21/h1-2,5,17H,3-4,6H2,(H,20,21). The molecule has 0 spiro atoms. The molecule has 108 valence electrons. The van der Waals surface area contributed by atoms with E-state index in [4.69, 9.17) is 11.6 Å². The molecule has 0 saturated carbocycles. The lowest BCUT2D eigenvalue weighted by atomic mass is 10.0. The Hall–Kier alpha value is -2.05. The second kappa shape index (κ2) is 5.38. The third kappa shape index (κ3) is 2.59. The predicted octanol–water partition coefficient (Wildman–Crippen LogP) is 2.28. The van der Waals surface area contributed by atoms with E-state index in [0.29, 0.717) is 36.3 Å². The van der Waals surface area contributed by atoms with Crippen LogP contribution in [-0.2, 0) is 13.0 Å². The highest BCUT2D eigenvalue weighted by Gasteiger charge is 2.22. The number of carbonyl (C=O) groups is 1. The quantitative estimate of drug-likeness (QED) is 0.890. The number of nitrogens with zero attached hydrogens (tertiary/aromatic N) is 2. The summed E-state index contributed by atoms with van der Waals surface area (Å²) in [5.74, 6) is -1.40. The Balaban J connectivity index is 2.16. The van der Waals surface area contributed by atoms with E-state index < -0.39 is 11.8 Å². The molecule has 1 aliphatic rings. The van der Waals surface area contributed by atoms with E-state index in [-0.39, 0.29) is 16.5 Å². The number of rotatable bonds is 2. The lowest BCUT2D eigenvalue weighted by Gasteiger charge is -2.18. The fraction of sp³-hybridized carbons (Fsp3) is 0.214. The molecule has 2 N–H and O–H groups in total. The van der Waals surface area contributed by atoms with Crippen LogP contribution in [0.1, 0.15) is 21.7 Å². The first-order valence-corrected chi connectivity index (χ1v) is 6.73. The number of aromatic carboxylic acids is 1. The van der Waals surface area contributed by atoms with E-state index >= 15 is 0 Å². The summed E-state index contributed by atoms with van der Waals surface area (Å²) in [6, 6.07) is 4.07. The number of hydrogen-bond donors (Lipinski definition) is 2. The lowest BCUT2D eigenvalue weighted by Crippen LogP contribution is -2.27. The summed E-state index contributed by atoms with van der Waals surface area (Å²) in [6.07, 6.45) is 0.571. The first kappa shape index (κ1) is 13.9. The number of halogens is 2. The summed E-state index contributed by atoms with van der Waals surface area (Å²) in [7, 11) is 0. The van der Waals surface area contributed by atoms with Gasteiger partial charge in [-0.05, 0) is 31.2 Å². The number of benzene rings is 1. The van der Waals surface area contributed by atoms with Gasteiger partial charge in [0, 0.05) is 17.7 Å². The van der Waals surface area contributed by atoms with Gasteiger partial charge >= 0.3 is 5.97 Å². The summed E-state index contributed by atoms with van der Waals surface area (Å²) >= 11 is 5.75. The summed E-state index contributed by atoms with van der Waals surface area (Å²) in [5, 5.41) is 12.4. The summed E-state index contributed by atoms with van der Waals surface area (Å²) in [5.41, 5.74) is 1.79. The van der Waals surface area contributed by atoms with Crippen molar-refractivity contribution in [1.82, 2.24) is 15.3 Å². The molecule has 0 aliphatic carbocycles. The van der Waals surface area contributed by atoms with E-state index in [1.54, 1.807) is 0 Å². The molecular formula is C14H11ClFN3O2. The Morgan fingerprint density at radius 2 is 2.19 bits per heavy atom. The minimum absolute atomic E-state index is 0.00283. The number of fused-ring (bicyclic) bond motifs is 1. The molecule has 21 heavy (non-hydrogen) atoms. The molecule has 0 radical (unpaired) electrons. The second-order valence-electron chi connectivity index (χ2n) is 4.68. The third-order valence-corrected chi connectivity index (χ3v) is 3.61. The van der Waals surface area contributed by atoms with Crippen LogP contribution in [0.3, 0.4) is 0 Å². The van der Waals surface area contributed by atoms with E-state index in [2.05, 4.69) is 15.3 Å². The molecule has 5 nitrogen and oxygen atoms in total. The van der Waals surface area contributed by atoms with Crippen LogP contribution in [0, 0.1) is 5.82 Å². The van der Waals surface area contributed by atoms with Gasteiger partial charge in [-0.15, -0.1) is 0 Å². The van der Waals surface area contributed by atoms with Gasteiger partial charge in [-0.3, -0.25) is 0 Å². The zero-order chi connectivity index (χ0) is 15.0. The molecule has 0 fully saturated rings. The summed E-state index contributed by atoms with van der Waals surface area (Å²) < 4.78 is 13.2. The van der Waals surface area contributed by atoms with E-state index in [1.165, 1.54) is 18.2 Å². The van der Waals surface area contributed by atoms with Gasteiger partial charge in [0.2, 0.25) is 0 Å². The van der Waals surface area contributed by atoms with Gasteiger partial charge in [0.1, 0.15) is 5.82 Å². The molecule has 1 aromatic carbocycles. The maximum absolute atomic E-state index is 13.2. The SMILES string of the molecule is O=C(O)c1nc(-c2ccc(F)c(Cl)c2)nc2c1CCNC2. The Labute approximate surface area is 124 Å². The summed E-state index contributed by atoms with van der Waals surface area (Å²) in [4.78, 5) is 19.9. The van der Waals surface area contributed by atoms with Crippen LogP contribution in [-0.4, -0.2) is 27.6 Å². The van der Waals surface area contributed by atoms with Crippen molar-refractivity contribution in [2.45, 2.75) is 13.0 Å². The minimum atomic E-state index is -1.09. The Morgan fingerprint density at radius 3 is 2.90 bits per heavy atom. The number of carboxylic acid groups (broad SMARTS) is 1. The fourth-order valence-electron chi connectivity index (χ4n) is 2.30. The highest BCUT2D eigenvalue weighted by molar-refractivity contribution is 6.31.